The first-order valence-corrected chi connectivity index (χ1v) is 7.04. The molecule has 1 aromatic rings. The normalized spacial score (nSPS) is 16.9. The Morgan fingerprint density at radius 2 is 2.30 bits per heavy atom. The van der Waals surface area contributed by atoms with Gasteiger partial charge in [-0.2, -0.15) is 0 Å². The molecule has 110 valence electrons. The molecule has 1 aromatic heterocycles. The van der Waals surface area contributed by atoms with Gasteiger partial charge in [-0.1, -0.05) is 0 Å². The number of piperidine rings is 1. The minimum absolute atomic E-state index is 0.264. The number of hydrogen-bond donors (Lipinski definition) is 2. The van der Waals surface area contributed by atoms with Gasteiger partial charge in [0.15, 0.2) is 11.6 Å². The van der Waals surface area contributed by atoms with E-state index in [4.69, 9.17) is 10.5 Å². The summed E-state index contributed by atoms with van der Waals surface area (Å²) < 4.78 is 5.56. The molecule has 1 aliphatic rings. The van der Waals surface area contributed by atoms with Gasteiger partial charge < -0.3 is 15.8 Å². The van der Waals surface area contributed by atoms with Crippen LogP contribution in [0.3, 0.4) is 0 Å². The van der Waals surface area contributed by atoms with E-state index in [0.717, 1.165) is 37.5 Å². The molecule has 6 nitrogen and oxygen atoms in total. The minimum atomic E-state index is -0.264. The number of anilines is 1. The van der Waals surface area contributed by atoms with Crippen LogP contribution in [0.15, 0.2) is 18.3 Å². The van der Waals surface area contributed by atoms with Gasteiger partial charge in [-0.3, -0.25) is 9.69 Å². The molecule has 2 rings (SSSR count). The van der Waals surface area contributed by atoms with Crippen LogP contribution in [0.25, 0.3) is 0 Å². The molecule has 0 spiro atoms. The predicted molar refractivity (Wildman–Crippen MR) is 77.7 cm³/mol. The van der Waals surface area contributed by atoms with Gasteiger partial charge in [-0.15, -0.1) is 0 Å². The molecule has 0 atom stereocenters. The highest BCUT2D eigenvalue weighted by Crippen LogP contribution is 2.24. The number of rotatable bonds is 6. The van der Waals surface area contributed by atoms with E-state index in [1.807, 2.05) is 19.1 Å². The van der Waals surface area contributed by atoms with E-state index in [2.05, 4.69) is 15.2 Å². The van der Waals surface area contributed by atoms with Crippen molar-refractivity contribution in [1.82, 2.24) is 9.88 Å². The molecule has 0 bridgehead atoms. The molecular weight excluding hydrogens is 256 g/mol. The third kappa shape index (κ3) is 4.09. The molecular formula is C14H22N4O2. The fourth-order valence-corrected chi connectivity index (χ4v) is 2.42. The number of aromatic nitrogens is 1. The number of nitrogens with zero attached hydrogens (tertiary/aromatic N) is 2. The Kier molecular flexibility index (Phi) is 5.17. The van der Waals surface area contributed by atoms with E-state index in [9.17, 15) is 4.79 Å². The van der Waals surface area contributed by atoms with Gasteiger partial charge >= 0.3 is 0 Å². The van der Waals surface area contributed by atoms with Crippen LogP contribution < -0.4 is 15.8 Å². The van der Waals surface area contributed by atoms with Crippen LogP contribution in [0.2, 0.25) is 0 Å². The van der Waals surface area contributed by atoms with Crippen molar-refractivity contribution in [2.24, 2.45) is 5.73 Å². The van der Waals surface area contributed by atoms with E-state index in [0.29, 0.717) is 19.2 Å². The van der Waals surface area contributed by atoms with E-state index in [1.165, 1.54) is 0 Å². The van der Waals surface area contributed by atoms with Crippen molar-refractivity contribution in [3.8, 4) is 5.75 Å². The molecule has 1 fully saturated rings. The number of amides is 1. The molecule has 3 N–H and O–H groups in total. The topological polar surface area (TPSA) is 80.5 Å². The van der Waals surface area contributed by atoms with Gasteiger partial charge in [0.25, 0.3) is 0 Å². The van der Waals surface area contributed by atoms with Crippen molar-refractivity contribution < 1.29 is 9.53 Å². The lowest BCUT2D eigenvalue weighted by molar-refractivity contribution is -0.119. The molecule has 0 aliphatic carbocycles. The molecule has 20 heavy (non-hydrogen) atoms. The molecule has 0 radical (unpaired) electrons. The fourth-order valence-electron chi connectivity index (χ4n) is 2.42. The van der Waals surface area contributed by atoms with E-state index in [1.54, 1.807) is 6.20 Å². The average Bonchev–Trinajstić information content (AvgIpc) is 2.43. The summed E-state index contributed by atoms with van der Waals surface area (Å²) in [7, 11) is 0. The Labute approximate surface area is 119 Å². The maximum Gasteiger partial charge on any atom is 0.231 e. The second-order valence-electron chi connectivity index (χ2n) is 4.94. The lowest BCUT2D eigenvalue weighted by atomic mass is 10.1. The second kappa shape index (κ2) is 7.09. The van der Waals surface area contributed by atoms with Crippen molar-refractivity contribution in [3.63, 3.8) is 0 Å². The number of hydrogen-bond acceptors (Lipinski definition) is 5. The van der Waals surface area contributed by atoms with Gasteiger partial charge in [0.2, 0.25) is 5.91 Å². The van der Waals surface area contributed by atoms with Crippen LogP contribution in [0.4, 0.5) is 5.82 Å². The van der Waals surface area contributed by atoms with Crippen LogP contribution in [-0.2, 0) is 4.79 Å². The summed E-state index contributed by atoms with van der Waals surface area (Å²) in [5.41, 5.74) is 5.21. The molecule has 0 aromatic carbocycles. The summed E-state index contributed by atoms with van der Waals surface area (Å²) >= 11 is 0. The highest BCUT2D eigenvalue weighted by molar-refractivity contribution is 5.75. The zero-order chi connectivity index (χ0) is 14.4. The monoisotopic (exact) mass is 278 g/mol. The van der Waals surface area contributed by atoms with E-state index in [-0.39, 0.29) is 5.91 Å². The SMILES string of the molecule is CCOc1cccnc1NC1CCN(CC(N)=O)CC1. The maximum absolute atomic E-state index is 10.9. The van der Waals surface area contributed by atoms with Crippen molar-refractivity contribution in [2.75, 3.05) is 31.6 Å². The maximum atomic E-state index is 10.9. The highest BCUT2D eigenvalue weighted by Gasteiger charge is 2.21. The summed E-state index contributed by atoms with van der Waals surface area (Å²) in [5, 5.41) is 3.43. The average molecular weight is 278 g/mol. The summed E-state index contributed by atoms with van der Waals surface area (Å²) in [6.07, 6.45) is 3.69. The number of carbonyl (C=O) groups excluding carboxylic acids is 1. The van der Waals surface area contributed by atoms with E-state index < -0.39 is 0 Å². The molecule has 1 amide bonds. The minimum Gasteiger partial charge on any atom is -0.490 e. The summed E-state index contributed by atoms with van der Waals surface area (Å²) in [6, 6.07) is 4.14. The van der Waals surface area contributed by atoms with Crippen LogP contribution >= 0.6 is 0 Å². The van der Waals surface area contributed by atoms with Gasteiger partial charge in [0.05, 0.1) is 13.2 Å². The smallest absolute Gasteiger partial charge is 0.231 e. The van der Waals surface area contributed by atoms with Crippen LogP contribution in [0.5, 0.6) is 5.75 Å². The summed E-state index contributed by atoms with van der Waals surface area (Å²) in [4.78, 5) is 17.3. The number of primary amides is 1. The van der Waals surface area contributed by atoms with Crippen LogP contribution in [-0.4, -0.2) is 48.1 Å². The van der Waals surface area contributed by atoms with Gasteiger partial charge in [0, 0.05) is 25.3 Å². The van der Waals surface area contributed by atoms with Crippen LogP contribution in [0.1, 0.15) is 19.8 Å². The van der Waals surface area contributed by atoms with Crippen molar-refractivity contribution in [2.45, 2.75) is 25.8 Å². The highest BCUT2D eigenvalue weighted by atomic mass is 16.5. The van der Waals surface area contributed by atoms with Gasteiger partial charge in [-0.25, -0.2) is 4.98 Å². The number of ether oxygens (including phenoxy) is 1. The first kappa shape index (κ1) is 14.6. The Morgan fingerprint density at radius 1 is 1.55 bits per heavy atom. The third-order valence-electron chi connectivity index (χ3n) is 3.38. The number of likely N-dealkylation sites (tertiary alicyclic amines) is 1. The molecule has 1 saturated heterocycles. The molecule has 1 aliphatic heterocycles. The number of carbonyl (C=O) groups is 1. The number of pyridine rings is 1. The summed E-state index contributed by atoms with van der Waals surface area (Å²) in [5.74, 6) is 1.32. The Hall–Kier alpha value is -1.82. The van der Waals surface area contributed by atoms with Crippen molar-refractivity contribution in [3.05, 3.63) is 18.3 Å². The first-order valence-electron chi connectivity index (χ1n) is 7.04. The molecule has 0 saturated carbocycles. The largest absolute Gasteiger partial charge is 0.490 e. The fraction of sp³-hybridized carbons (Fsp3) is 0.571. The lowest BCUT2D eigenvalue weighted by Crippen LogP contribution is -2.43. The molecule has 2 heterocycles. The third-order valence-corrected chi connectivity index (χ3v) is 3.38. The quantitative estimate of drug-likeness (QED) is 0.806. The lowest BCUT2D eigenvalue weighted by Gasteiger charge is -2.31. The van der Waals surface area contributed by atoms with Gasteiger partial charge in [-0.05, 0) is 31.9 Å². The summed E-state index contributed by atoms with van der Waals surface area (Å²) in [6.45, 7) is 4.67. The zero-order valence-corrected chi connectivity index (χ0v) is 11.8. The van der Waals surface area contributed by atoms with E-state index >= 15 is 0 Å². The Bertz CT molecular complexity index is 445. The first-order chi connectivity index (χ1) is 9.69. The van der Waals surface area contributed by atoms with Gasteiger partial charge in [0.1, 0.15) is 0 Å². The van der Waals surface area contributed by atoms with Crippen molar-refractivity contribution in [1.29, 1.82) is 0 Å². The van der Waals surface area contributed by atoms with Crippen molar-refractivity contribution >= 4 is 11.7 Å². The number of nitrogens with two attached hydrogens (primary N) is 1. The predicted octanol–water partition coefficient (Wildman–Crippen LogP) is 0.842. The second-order valence-corrected chi connectivity index (χ2v) is 4.94. The molecule has 0 unspecified atom stereocenters. The number of nitrogens with one attached hydrogen (secondary N) is 1. The van der Waals surface area contributed by atoms with Crippen LogP contribution in [0, 0.1) is 0 Å². The zero-order valence-electron chi connectivity index (χ0n) is 11.8. The standard InChI is InChI=1S/C14H22N4O2/c1-2-20-12-4-3-7-16-14(12)17-11-5-8-18(9-6-11)10-13(15)19/h3-4,7,11H,2,5-6,8-10H2,1H3,(H2,15,19)(H,16,17). The Morgan fingerprint density at radius 3 is 2.95 bits per heavy atom. The Balaban J connectivity index is 1.88. The molecule has 6 heteroatoms.